The standard InChI is InChI=1S/C30H35BrN2O6/c1-20(8-7-11-27(35)33-18-22-10-4-3-9-21(22)16-24(33)19-34)30(38)25-17-23(31)13-14-26(25)32(29(30)37)15-6-5-12-28(36)39-2/h3-4,7-10,13-14,17,20,24,34,38H,5-6,11-12,15-16,18-19H2,1-2H3/b8-7+/t20-,24-,30+/m0/s1. The van der Waals surface area contributed by atoms with Crippen LogP contribution in [0.5, 0.6) is 0 Å². The number of hydrogen-bond acceptors (Lipinski definition) is 6. The molecule has 2 aliphatic heterocycles. The van der Waals surface area contributed by atoms with Crippen LogP contribution in [0, 0.1) is 5.92 Å². The number of unbranched alkanes of at least 4 members (excludes halogenated alkanes) is 1. The Morgan fingerprint density at radius 3 is 2.67 bits per heavy atom. The van der Waals surface area contributed by atoms with E-state index >= 15 is 0 Å². The van der Waals surface area contributed by atoms with Crippen molar-refractivity contribution in [2.24, 2.45) is 5.92 Å². The Kier molecular flexibility index (Phi) is 9.25. The molecule has 3 atom stereocenters. The molecule has 9 heteroatoms. The summed E-state index contributed by atoms with van der Waals surface area (Å²) in [5.41, 5.74) is 1.57. The second kappa shape index (κ2) is 12.4. The highest BCUT2D eigenvalue weighted by atomic mass is 79.9. The number of amides is 2. The molecule has 2 amide bonds. The number of carbonyl (C=O) groups excluding carboxylic acids is 3. The number of carbonyl (C=O) groups is 3. The van der Waals surface area contributed by atoms with E-state index in [-0.39, 0.29) is 37.4 Å². The van der Waals surface area contributed by atoms with Gasteiger partial charge in [-0.1, -0.05) is 59.3 Å². The zero-order valence-corrected chi connectivity index (χ0v) is 23.9. The van der Waals surface area contributed by atoms with E-state index in [1.165, 1.54) is 7.11 Å². The molecule has 0 spiro atoms. The lowest BCUT2D eigenvalue weighted by atomic mass is 9.83. The Morgan fingerprint density at radius 1 is 1.21 bits per heavy atom. The van der Waals surface area contributed by atoms with Crippen molar-refractivity contribution in [1.29, 1.82) is 0 Å². The summed E-state index contributed by atoms with van der Waals surface area (Å²) in [6, 6.07) is 13.0. The van der Waals surface area contributed by atoms with Crippen LogP contribution < -0.4 is 4.90 Å². The average Bonchev–Trinajstić information content (AvgIpc) is 3.16. The number of rotatable bonds is 10. The molecule has 0 radical (unpaired) electrons. The number of methoxy groups -OCH3 is 1. The molecule has 208 valence electrons. The number of anilines is 1. The summed E-state index contributed by atoms with van der Waals surface area (Å²) in [5, 5.41) is 21.7. The molecule has 2 N–H and O–H groups in total. The summed E-state index contributed by atoms with van der Waals surface area (Å²) >= 11 is 3.45. The largest absolute Gasteiger partial charge is 0.469 e. The number of aliphatic hydroxyl groups excluding tert-OH is 1. The second-order valence-electron chi connectivity index (χ2n) is 10.2. The minimum Gasteiger partial charge on any atom is -0.469 e. The Hall–Kier alpha value is -3.01. The first kappa shape index (κ1) is 29.0. The van der Waals surface area contributed by atoms with Gasteiger partial charge in [0, 0.05) is 41.9 Å². The van der Waals surface area contributed by atoms with Crippen LogP contribution in [0.3, 0.4) is 0 Å². The first-order valence-electron chi connectivity index (χ1n) is 13.3. The van der Waals surface area contributed by atoms with Gasteiger partial charge in [0.2, 0.25) is 5.91 Å². The number of halogens is 1. The second-order valence-corrected chi connectivity index (χ2v) is 11.1. The molecule has 0 aromatic heterocycles. The van der Waals surface area contributed by atoms with Gasteiger partial charge in [-0.15, -0.1) is 0 Å². The molecular weight excluding hydrogens is 564 g/mol. The lowest BCUT2D eigenvalue weighted by Crippen LogP contribution is -2.46. The van der Waals surface area contributed by atoms with Crippen molar-refractivity contribution in [3.63, 3.8) is 0 Å². The minimum absolute atomic E-state index is 0.0931. The molecule has 8 nitrogen and oxygen atoms in total. The molecule has 39 heavy (non-hydrogen) atoms. The molecule has 0 unspecified atom stereocenters. The molecule has 0 fully saturated rings. The molecule has 2 heterocycles. The number of hydrogen-bond donors (Lipinski definition) is 2. The summed E-state index contributed by atoms with van der Waals surface area (Å²) in [4.78, 5) is 41.4. The van der Waals surface area contributed by atoms with Gasteiger partial charge >= 0.3 is 5.97 Å². The summed E-state index contributed by atoms with van der Waals surface area (Å²) in [6.07, 6.45) is 5.52. The third-order valence-corrected chi connectivity index (χ3v) is 8.23. The van der Waals surface area contributed by atoms with Crippen molar-refractivity contribution < 1.29 is 29.3 Å². The fourth-order valence-corrected chi connectivity index (χ4v) is 5.82. The number of benzene rings is 2. The van der Waals surface area contributed by atoms with E-state index in [0.29, 0.717) is 43.6 Å². The van der Waals surface area contributed by atoms with Gasteiger partial charge in [-0.25, -0.2) is 0 Å². The average molecular weight is 600 g/mol. The third-order valence-electron chi connectivity index (χ3n) is 7.73. The lowest BCUT2D eigenvalue weighted by Gasteiger charge is -2.36. The van der Waals surface area contributed by atoms with Crippen molar-refractivity contribution in [2.45, 2.75) is 57.2 Å². The van der Waals surface area contributed by atoms with Gasteiger partial charge in [0.1, 0.15) is 0 Å². The molecule has 4 rings (SSSR count). The van der Waals surface area contributed by atoms with Crippen LogP contribution in [0.1, 0.15) is 49.3 Å². The Morgan fingerprint density at radius 2 is 1.95 bits per heavy atom. The maximum absolute atomic E-state index is 13.6. The molecule has 2 aromatic rings. The van der Waals surface area contributed by atoms with Crippen LogP contribution >= 0.6 is 15.9 Å². The summed E-state index contributed by atoms with van der Waals surface area (Å²) < 4.78 is 5.43. The maximum atomic E-state index is 13.6. The van der Waals surface area contributed by atoms with E-state index in [1.807, 2.05) is 30.3 Å². The van der Waals surface area contributed by atoms with E-state index in [9.17, 15) is 24.6 Å². The molecule has 2 aliphatic rings. The number of aliphatic hydroxyl groups is 2. The van der Waals surface area contributed by atoms with Crippen LogP contribution in [0.15, 0.2) is 59.1 Å². The topological polar surface area (TPSA) is 107 Å². The van der Waals surface area contributed by atoms with E-state index < -0.39 is 17.4 Å². The van der Waals surface area contributed by atoms with E-state index in [4.69, 9.17) is 0 Å². The van der Waals surface area contributed by atoms with Crippen molar-refractivity contribution in [3.8, 4) is 0 Å². The first-order chi connectivity index (χ1) is 18.7. The first-order valence-corrected chi connectivity index (χ1v) is 14.0. The molecule has 0 aliphatic carbocycles. The highest BCUT2D eigenvalue weighted by Crippen LogP contribution is 2.46. The molecule has 0 saturated carbocycles. The van der Waals surface area contributed by atoms with E-state index in [1.54, 1.807) is 41.0 Å². The minimum atomic E-state index is -1.79. The smallest absolute Gasteiger partial charge is 0.305 e. The van der Waals surface area contributed by atoms with Crippen LogP contribution in [-0.4, -0.2) is 59.2 Å². The molecule has 0 saturated heterocycles. The fourth-order valence-electron chi connectivity index (χ4n) is 5.45. The predicted octanol–water partition coefficient (Wildman–Crippen LogP) is 3.85. The van der Waals surface area contributed by atoms with Crippen molar-refractivity contribution >= 4 is 39.4 Å². The van der Waals surface area contributed by atoms with Crippen molar-refractivity contribution in [2.75, 3.05) is 25.2 Å². The number of ether oxygens (including phenoxy) is 1. The van der Waals surface area contributed by atoms with Gasteiger partial charge in [-0.05, 0) is 48.6 Å². The van der Waals surface area contributed by atoms with Crippen LogP contribution in [-0.2, 0) is 37.7 Å². The van der Waals surface area contributed by atoms with Crippen LogP contribution in [0.2, 0.25) is 0 Å². The number of fused-ring (bicyclic) bond motifs is 2. The molecule has 2 aromatic carbocycles. The van der Waals surface area contributed by atoms with Gasteiger partial charge in [-0.2, -0.15) is 0 Å². The Bertz CT molecular complexity index is 1260. The predicted molar refractivity (Wildman–Crippen MR) is 151 cm³/mol. The van der Waals surface area contributed by atoms with Gasteiger partial charge in [0.05, 0.1) is 25.4 Å². The number of nitrogens with zero attached hydrogens (tertiary/aromatic N) is 2. The third kappa shape index (κ3) is 5.95. The summed E-state index contributed by atoms with van der Waals surface area (Å²) in [5.74, 6) is -1.45. The fraction of sp³-hybridized carbons (Fsp3) is 0.433. The van der Waals surface area contributed by atoms with Gasteiger partial charge in [0.15, 0.2) is 5.60 Å². The molecule has 0 bridgehead atoms. The van der Waals surface area contributed by atoms with Crippen LogP contribution in [0.4, 0.5) is 5.69 Å². The lowest BCUT2D eigenvalue weighted by molar-refractivity contribution is -0.140. The zero-order valence-electron chi connectivity index (χ0n) is 22.3. The number of esters is 1. The van der Waals surface area contributed by atoms with Gasteiger partial charge in [-0.3, -0.25) is 14.4 Å². The molecular formula is C30H35BrN2O6. The zero-order chi connectivity index (χ0) is 28.2. The van der Waals surface area contributed by atoms with Crippen LogP contribution in [0.25, 0.3) is 0 Å². The maximum Gasteiger partial charge on any atom is 0.305 e. The summed E-state index contributed by atoms with van der Waals surface area (Å²) in [7, 11) is 1.35. The Labute approximate surface area is 237 Å². The highest BCUT2D eigenvalue weighted by molar-refractivity contribution is 9.10. The van der Waals surface area contributed by atoms with Gasteiger partial charge in [0.25, 0.3) is 5.91 Å². The highest BCUT2D eigenvalue weighted by Gasteiger charge is 2.52. The quantitative estimate of drug-likeness (QED) is 0.244. The van der Waals surface area contributed by atoms with Crippen molar-refractivity contribution in [3.05, 3.63) is 75.8 Å². The normalized spacial score (nSPS) is 21.2. The SMILES string of the molecule is COC(=O)CCCCN1C(=O)[C@@](O)([C@@H](C)/C=C/CC(=O)N2Cc3ccccc3C[C@H]2CO)c2cc(Br)ccc21. The van der Waals surface area contributed by atoms with Crippen molar-refractivity contribution in [1.82, 2.24) is 4.90 Å². The summed E-state index contributed by atoms with van der Waals surface area (Å²) in [6.45, 7) is 2.45. The monoisotopic (exact) mass is 598 g/mol. The van der Waals surface area contributed by atoms with E-state index in [0.717, 1.165) is 15.6 Å². The van der Waals surface area contributed by atoms with E-state index in [2.05, 4.69) is 20.7 Å². The Balaban J connectivity index is 1.46. The van der Waals surface area contributed by atoms with Gasteiger partial charge < -0.3 is 24.7 Å².